The Hall–Kier alpha value is 2.01. The first-order valence-corrected chi connectivity index (χ1v) is 0. The van der Waals surface area contributed by atoms with E-state index in [-0.39, 0.29) is 68.6 Å². The summed E-state index contributed by atoms with van der Waals surface area (Å²) >= 11 is 0. The van der Waals surface area contributed by atoms with Crippen LogP contribution >= 0.6 is 0 Å². The van der Waals surface area contributed by atoms with Crippen LogP contribution in [0.2, 0.25) is 0 Å². The summed E-state index contributed by atoms with van der Waals surface area (Å²) in [6, 6.07) is 0. The van der Waals surface area contributed by atoms with E-state index in [2.05, 4.69) is 0 Å². The van der Waals surface area contributed by atoms with Crippen LogP contribution in [0.4, 0.5) is 0 Å². The molecule has 0 N–H and O–H groups in total. The number of hydrogen-bond donors (Lipinski definition) is 0. The van der Waals surface area contributed by atoms with Gasteiger partial charge in [0, 0.05) is 0 Å². The number of halogens is 2. The van der Waals surface area contributed by atoms with Crippen LogP contribution in [0.25, 0.3) is 0 Å². The Morgan fingerprint density at radius 3 is 0.750 bits per heavy atom. The Kier molecular flexibility index (Phi) is 187. The van der Waals surface area contributed by atoms with Gasteiger partial charge in [0.1, 0.15) is 0 Å². The van der Waals surface area contributed by atoms with Crippen molar-refractivity contribution in [2.24, 2.45) is 0 Å². The van der Waals surface area contributed by atoms with Crippen LogP contribution in [0, 0.1) is 0 Å². The zero-order valence-electron chi connectivity index (χ0n) is 2.26. The third-order valence-electron chi connectivity index (χ3n) is 0. The topological polar surface area (TPSA) is 0 Å². The summed E-state index contributed by atoms with van der Waals surface area (Å²) < 4.78 is 0. The zero-order valence-corrected chi connectivity index (χ0v) is 10.4. The van der Waals surface area contributed by atoms with Crippen LogP contribution in [-0.4, -0.2) is 17.6 Å². The number of rotatable bonds is 0. The van der Waals surface area contributed by atoms with E-state index in [9.17, 15) is 0 Å². The molecule has 1 radical (unpaired) electrons. The van der Waals surface area contributed by atoms with E-state index in [1.165, 1.54) is 0 Å². The molecular weight excluding hydrogens is 235 g/mol. The van der Waals surface area contributed by atoms with E-state index in [1.54, 1.807) is 0 Å². The molecule has 0 aliphatic carbocycles. The normalized spacial score (nSPS) is 0. The average Bonchev–Trinajstić information content (AvgIpc) is 0. The first-order valence-electron chi connectivity index (χ1n) is 0. The van der Waals surface area contributed by atoms with Gasteiger partial charge in [-0.3, -0.25) is 0 Å². The van der Waals surface area contributed by atoms with Crippen molar-refractivity contribution in [3.63, 3.8) is 0 Å². The summed E-state index contributed by atoms with van der Waals surface area (Å²) in [5.41, 5.74) is 0. The second kappa shape index (κ2) is 20.0. The molecule has 0 rings (SSSR count). The van der Waals surface area contributed by atoms with Crippen LogP contribution in [0.5, 0.6) is 0 Å². The molecule has 0 saturated heterocycles. The van der Waals surface area contributed by atoms with Gasteiger partial charge >= 0.3 is 43.8 Å². The molecular formula is H3Cl2GeZr. The third-order valence-corrected chi connectivity index (χ3v) is 0. The standard InChI is InChI=1S/2ClH.GeH3.Zr/h2*1H;1H3;/q;;;+2/p-2. The van der Waals surface area contributed by atoms with Gasteiger partial charge in [0.15, 0.2) is 0 Å². The maximum Gasteiger partial charge on any atom is 2.00 e. The molecule has 0 unspecified atom stereocenters. The Bertz CT molecular complexity index is 6.00. The van der Waals surface area contributed by atoms with Gasteiger partial charge in [-0.05, 0) is 0 Å². The fourth-order valence-electron chi connectivity index (χ4n) is 0. The SMILES string of the molecule is [Cl-].[Cl-].[GeH3].[Zr+2]. The molecule has 0 bridgehead atoms. The maximum atomic E-state index is 0. The van der Waals surface area contributed by atoms with Crippen LogP contribution < -0.4 is 24.8 Å². The van der Waals surface area contributed by atoms with Crippen molar-refractivity contribution >= 4 is 17.6 Å². The van der Waals surface area contributed by atoms with Gasteiger partial charge in [-0.15, -0.1) is 0 Å². The summed E-state index contributed by atoms with van der Waals surface area (Å²) in [4.78, 5) is 0. The van der Waals surface area contributed by atoms with Crippen LogP contribution in [-0.2, 0) is 26.2 Å². The van der Waals surface area contributed by atoms with E-state index >= 15 is 0 Å². The quantitative estimate of drug-likeness (QED) is 0.368. The monoisotopic (exact) mass is 237 g/mol. The fraction of sp³-hybridized carbons (Fsp3) is 0. The fourth-order valence-corrected chi connectivity index (χ4v) is 0. The molecule has 0 aliphatic rings. The molecule has 0 atom stereocenters. The van der Waals surface area contributed by atoms with Gasteiger partial charge in [-0.2, -0.15) is 0 Å². The summed E-state index contributed by atoms with van der Waals surface area (Å²) in [6.45, 7) is 0. The molecule has 0 aliphatic heterocycles. The second-order valence-electron chi connectivity index (χ2n) is 0. The van der Waals surface area contributed by atoms with Crippen molar-refractivity contribution in [2.45, 2.75) is 0 Å². The Morgan fingerprint density at radius 2 is 0.750 bits per heavy atom. The predicted molar refractivity (Wildman–Crippen MR) is 9.94 cm³/mol. The van der Waals surface area contributed by atoms with E-state index in [4.69, 9.17) is 0 Å². The molecule has 0 aromatic rings. The second-order valence-corrected chi connectivity index (χ2v) is 0. The smallest absolute Gasteiger partial charge is 2.00 e. The molecule has 0 aromatic carbocycles. The molecule has 25 valence electrons. The van der Waals surface area contributed by atoms with Crippen LogP contribution in [0.15, 0.2) is 0 Å². The first-order chi connectivity index (χ1) is 0. The van der Waals surface area contributed by atoms with Crippen molar-refractivity contribution in [1.82, 2.24) is 0 Å². The predicted octanol–water partition coefficient (Wildman–Crippen LogP) is -7.18. The Labute approximate surface area is 68.0 Å². The average molecular weight is 238 g/mol. The first kappa shape index (κ1) is 37.4. The molecule has 4 heavy (non-hydrogen) atoms. The van der Waals surface area contributed by atoms with Crippen molar-refractivity contribution in [3.8, 4) is 0 Å². The minimum Gasteiger partial charge on any atom is 2.00 e. The van der Waals surface area contributed by atoms with Gasteiger partial charge in [0.25, 0.3) is 0 Å². The summed E-state index contributed by atoms with van der Waals surface area (Å²) in [6.07, 6.45) is 0. The Morgan fingerprint density at radius 1 is 0.750 bits per heavy atom. The molecule has 0 amide bonds. The van der Waals surface area contributed by atoms with Gasteiger partial charge in [0.05, 0.1) is 0 Å². The molecule has 0 nitrogen and oxygen atoms in total. The van der Waals surface area contributed by atoms with Crippen LogP contribution in [0.3, 0.4) is 0 Å². The third kappa shape index (κ3) is 9.00. The zero-order chi connectivity index (χ0) is 0. The molecule has 0 aromatic heterocycles. The summed E-state index contributed by atoms with van der Waals surface area (Å²) in [7, 11) is 0. The van der Waals surface area contributed by atoms with Gasteiger partial charge in [0.2, 0.25) is 0 Å². The van der Waals surface area contributed by atoms with Gasteiger partial charge in [-0.25, -0.2) is 0 Å². The van der Waals surface area contributed by atoms with E-state index in [1.807, 2.05) is 0 Å². The summed E-state index contributed by atoms with van der Waals surface area (Å²) in [5.74, 6) is 0. The maximum absolute atomic E-state index is 0. The van der Waals surface area contributed by atoms with Crippen LogP contribution in [0.1, 0.15) is 0 Å². The Balaban J connectivity index is 0. The number of hydrogen-bond acceptors (Lipinski definition) is 0. The van der Waals surface area contributed by atoms with E-state index < -0.39 is 0 Å². The largest absolute Gasteiger partial charge is 2.00 e. The van der Waals surface area contributed by atoms with Gasteiger partial charge in [-0.1, -0.05) is 0 Å². The van der Waals surface area contributed by atoms with Crippen molar-refractivity contribution in [1.29, 1.82) is 0 Å². The van der Waals surface area contributed by atoms with Crippen molar-refractivity contribution < 1.29 is 51.0 Å². The minimum atomic E-state index is 0. The molecule has 0 heterocycles. The molecule has 0 saturated carbocycles. The minimum absolute atomic E-state index is 0. The van der Waals surface area contributed by atoms with Crippen molar-refractivity contribution in [2.75, 3.05) is 0 Å². The van der Waals surface area contributed by atoms with E-state index in [0.29, 0.717) is 0 Å². The van der Waals surface area contributed by atoms with Gasteiger partial charge < -0.3 is 24.8 Å². The summed E-state index contributed by atoms with van der Waals surface area (Å²) in [5, 5.41) is 0. The van der Waals surface area contributed by atoms with Crippen molar-refractivity contribution in [3.05, 3.63) is 0 Å². The molecule has 4 heteroatoms. The van der Waals surface area contributed by atoms with E-state index in [0.717, 1.165) is 0 Å². The molecule has 0 spiro atoms. The molecule has 0 fully saturated rings.